The van der Waals surface area contributed by atoms with E-state index in [1.807, 2.05) is 40.0 Å². The molecule has 1 unspecified atom stereocenters. The molecule has 8 nitrogen and oxygen atoms in total. The van der Waals surface area contributed by atoms with Gasteiger partial charge in [0.1, 0.15) is 12.0 Å². The Morgan fingerprint density at radius 1 is 1.24 bits per heavy atom. The average molecular weight is 388 g/mol. The van der Waals surface area contributed by atoms with Crippen molar-refractivity contribution < 1.29 is 17.7 Å². The molecule has 1 saturated heterocycles. The zero-order valence-corrected chi connectivity index (χ0v) is 18.0. The lowest BCUT2D eigenvalue weighted by atomic mass is 10.0. The third-order valence-electron chi connectivity index (χ3n) is 4.31. The van der Waals surface area contributed by atoms with Gasteiger partial charge in [0.2, 0.25) is 0 Å². The standard InChI is InChI=1S/C15H29N3O5Si2/c1-10-13(22-25(6,7)23-24(4,5)20-3)11(2)21-14(10)18-9-8-12(16)17-15(18)19/h8-11,13-14H,1-7H3,(H2,16,17,19)/t10-,11-,13+,14?/m1/s1. The topological polar surface area (TPSA) is 97.8 Å². The number of nitrogens with two attached hydrogens (primary N) is 1. The molecule has 0 amide bonds. The van der Waals surface area contributed by atoms with Crippen LogP contribution < -0.4 is 11.4 Å². The van der Waals surface area contributed by atoms with Crippen molar-refractivity contribution in [2.45, 2.75) is 58.5 Å². The summed E-state index contributed by atoms with van der Waals surface area (Å²) in [7, 11) is -2.97. The lowest BCUT2D eigenvalue weighted by Crippen LogP contribution is -2.51. The molecule has 10 heteroatoms. The summed E-state index contributed by atoms with van der Waals surface area (Å²) in [5, 5.41) is 0. The van der Waals surface area contributed by atoms with Gasteiger partial charge >= 0.3 is 22.8 Å². The van der Waals surface area contributed by atoms with Crippen LogP contribution in [0, 0.1) is 5.92 Å². The van der Waals surface area contributed by atoms with Gasteiger partial charge in [-0.3, -0.25) is 4.57 Å². The zero-order chi connectivity index (χ0) is 19.0. The van der Waals surface area contributed by atoms with Crippen LogP contribution >= 0.6 is 0 Å². The van der Waals surface area contributed by atoms with E-state index in [0.29, 0.717) is 0 Å². The van der Waals surface area contributed by atoms with Gasteiger partial charge in [0.25, 0.3) is 0 Å². The van der Waals surface area contributed by atoms with Gasteiger partial charge in [0.15, 0.2) is 0 Å². The van der Waals surface area contributed by atoms with E-state index in [2.05, 4.69) is 4.98 Å². The van der Waals surface area contributed by atoms with Crippen LogP contribution in [0.5, 0.6) is 0 Å². The smallest absolute Gasteiger partial charge is 0.351 e. The van der Waals surface area contributed by atoms with Gasteiger partial charge in [-0.1, -0.05) is 6.92 Å². The highest BCUT2D eigenvalue weighted by atomic mass is 28.5. The Morgan fingerprint density at radius 3 is 2.44 bits per heavy atom. The number of rotatable bonds is 6. The van der Waals surface area contributed by atoms with Crippen LogP contribution in [0.2, 0.25) is 26.2 Å². The molecule has 2 rings (SSSR count). The highest BCUT2D eigenvalue weighted by Gasteiger charge is 2.46. The van der Waals surface area contributed by atoms with E-state index < -0.39 is 29.0 Å². The zero-order valence-electron chi connectivity index (χ0n) is 16.0. The predicted molar refractivity (Wildman–Crippen MR) is 99.6 cm³/mol. The second kappa shape index (κ2) is 7.29. The molecule has 1 fully saturated rings. The second-order valence-corrected chi connectivity index (χ2v) is 14.4. The van der Waals surface area contributed by atoms with E-state index in [4.69, 9.17) is 23.4 Å². The molecular weight excluding hydrogens is 358 g/mol. The summed E-state index contributed by atoms with van der Waals surface area (Å²) in [5.41, 5.74) is 5.14. The lowest BCUT2D eigenvalue weighted by molar-refractivity contribution is -0.0142. The molecule has 0 aliphatic carbocycles. The number of anilines is 1. The summed E-state index contributed by atoms with van der Waals surface area (Å²) in [5.74, 6) is 0.155. The number of hydrogen-bond donors (Lipinski definition) is 1. The van der Waals surface area contributed by atoms with Gasteiger partial charge in [-0.05, 0) is 39.2 Å². The van der Waals surface area contributed by atoms with Crippen LogP contribution in [-0.2, 0) is 17.7 Å². The Kier molecular flexibility index (Phi) is 5.91. The largest absolute Gasteiger partial charge is 0.415 e. The Balaban J connectivity index is 2.17. The molecule has 1 aliphatic rings. The molecule has 0 spiro atoms. The van der Waals surface area contributed by atoms with E-state index in [-0.39, 0.29) is 23.9 Å². The summed E-state index contributed by atoms with van der Waals surface area (Å²) in [6, 6.07) is 1.59. The molecule has 0 bridgehead atoms. The SMILES string of the molecule is CO[Si](C)(C)O[Si](C)(C)O[C@@H]1[C@@H](C)OC(n2ccc(N)nc2=O)[C@@H]1C. The van der Waals surface area contributed by atoms with Gasteiger partial charge < -0.3 is 23.4 Å². The minimum Gasteiger partial charge on any atom is -0.415 e. The Bertz CT molecular complexity index is 667. The molecule has 4 atom stereocenters. The van der Waals surface area contributed by atoms with Crippen molar-refractivity contribution in [3.63, 3.8) is 0 Å². The average Bonchev–Trinajstić information content (AvgIpc) is 2.74. The molecule has 1 aromatic heterocycles. The van der Waals surface area contributed by atoms with E-state index in [1.165, 1.54) is 4.57 Å². The fourth-order valence-electron chi connectivity index (χ4n) is 3.14. The minimum atomic E-state index is -2.43. The van der Waals surface area contributed by atoms with Gasteiger partial charge in [-0.2, -0.15) is 4.98 Å². The maximum absolute atomic E-state index is 12.1. The monoisotopic (exact) mass is 387 g/mol. The summed E-state index contributed by atoms with van der Waals surface area (Å²) in [6.45, 7) is 11.9. The Morgan fingerprint density at radius 2 is 1.88 bits per heavy atom. The fourth-order valence-corrected chi connectivity index (χ4v) is 9.46. The van der Waals surface area contributed by atoms with Crippen LogP contribution in [0.15, 0.2) is 17.1 Å². The first kappa shape index (κ1) is 20.3. The van der Waals surface area contributed by atoms with E-state index in [1.54, 1.807) is 19.4 Å². The van der Waals surface area contributed by atoms with Crippen molar-refractivity contribution in [3.05, 3.63) is 22.7 Å². The Labute approximate surface area is 150 Å². The third kappa shape index (κ3) is 4.77. The number of nitrogen functional groups attached to an aromatic ring is 1. The van der Waals surface area contributed by atoms with E-state index >= 15 is 0 Å². The summed E-state index contributed by atoms with van der Waals surface area (Å²) >= 11 is 0. The molecule has 2 N–H and O–H groups in total. The molecule has 0 aromatic carbocycles. The molecule has 0 saturated carbocycles. The number of hydrogen-bond acceptors (Lipinski definition) is 7. The second-order valence-electron chi connectivity index (χ2n) is 7.32. The maximum Gasteiger partial charge on any atom is 0.351 e. The first-order chi connectivity index (χ1) is 11.5. The summed E-state index contributed by atoms with van der Waals surface area (Å²) in [4.78, 5) is 15.9. The summed E-state index contributed by atoms with van der Waals surface area (Å²) in [6.07, 6.45) is 0.809. The number of nitrogens with zero attached hydrogens (tertiary/aromatic N) is 2. The van der Waals surface area contributed by atoms with Crippen LogP contribution in [0.25, 0.3) is 0 Å². The van der Waals surface area contributed by atoms with Crippen LogP contribution in [0.4, 0.5) is 5.82 Å². The lowest BCUT2D eigenvalue weighted by Gasteiger charge is -2.35. The van der Waals surface area contributed by atoms with E-state index in [9.17, 15) is 4.79 Å². The van der Waals surface area contributed by atoms with Crippen molar-refractivity contribution in [3.8, 4) is 0 Å². The Hall–Kier alpha value is -1.05. The van der Waals surface area contributed by atoms with Gasteiger partial charge in [0, 0.05) is 19.2 Å². The molecule has 142 valence electrons. The predicted octanol–water partition coefficient (Wildman–Crippen LogP) is 1.83. The molecule has 1 aliphatic heterocycles. The van der Waals surface area contributed by atoms with Crippen LogP contribution in [0.1, 0.15) is 20.1 Å². The first-order valence-electron chi connectivity index (χ1n) is 8.39. The molecular formula is C15H29N3O5Si2. The van der Waals surface area contributed by atoms with Crippen molar-refractivity contribution in [1.29, 1.82) is 0 Å². The van der Waals surface area contributed by atoms with Gasteiger partial charge in [0.05, 0.1) is 12.2 Å². The van der Waals surface area contributed by atoms with E-state index in [0.717, 1.165) is 0 Å². The van der Waals surface area contributed by atoms with Crippen molar-refractivity contribution in [2.24, 2.45) is 5.92 Å². The highest BCUT2D eigenvalue weighted by molar-refractivity contribution is 6.78. The number of aromatic nitrogens is 2. The van der Waals surface area contributed by atoms with Gasteiger partial charge in [-0.15, -0.1) is 0 Å². The molecule has 1 aromatic rings. The number of ether oxygens (including phenoxy) is 1. The van der Waals surface area contributed by atoms with Gasteiger partial charge in [-0.25, -0.2) is 4.79 Å². The minimum absolute atomic E-state index is 0.0409. The van der Waals surface area contributed by atoms with Crippen molar-refractivity contribution in [1.82, 2.24) is 9.55 Å². The summed E-state index contributed by atoms with van der Waals surface area (Å²) < 4.78 is 25.5. The van der Waals surface area contributed by atoms with Crippen LogP contribution in [0.3, 0.4) is 0 Å². The van der Waals surface area contributed by atoms with Crippen molar-refractivity contribution >= 4 is 22.9 Å². The fraction of sp³-hybridized carbons (Fsp3) is 0.733. The molecule has 25 heavy (non-hydrogen) atoms. The highest BCUT2D eigenvalue weighted by Crippen LogP contribution is 2.37. The molecule has 0 radical (unpaired) electrons. The van der Waals surface area contributed by atoms with Crippen molar-refractivity contribution in [2.75, 3.05) is 12.8 Å². The normalized spacial score (nSPS) is 27.6. The molecule has 2 heterocycles. The maximum atomic E-state index is 12.1. The first-order valence-corrected chi connectivity index (χ1v) is 14.0. The quantitative estimate of drug-likeness (QED) is 0.744. The third-order valence-corrected chi connectivity index (χ3v) is 10.1. The van der Waals surface area contributed by atoms with Crippen LogP contribution in [-0.4, -0.2) is 46.0 Å².